The van der Waals surface area contributed by atoms with E-state index >= 15 is 0 Å². The van der Waals surface area contributed by atoms with Crippen LogP contribution < -0.4 is 5.32 Å². The van der Waals surface area contributed by atoms with Crippen LogP contribution >= 0.6 is 15.9 Å². The summed E-state index contributed by atoms with van der Waals surface area (Å²) in [5.74, 6) is 0.581. The molecule has 2 nitrogen and oxygen atoms in total. The van der Waals surface area contributed by atoms with Crippen molar-refractivity contribution in [2.45, 2.75) is 18.9 Å². The minimum atomic E-state index is 0.581. The maximum atomic E-state index is 5.57. The summed E-state index contributed by atoms with van der Waals surface area (Å²) in [5.41, 5.74) is 1.37. The van der Waals surface area contributed by atoms with Crippen molar-refractivity contribution in [1.82, 2.24) is 5.32 Å². The molecule has 0 aliphatic carbocycles. The van der Waals surface area contributed by atoms with Crippen molar-refractivity contribution >= 4 is 15.9 Å². The van der Waals surface area contributed by atoms with Crippen molar-refractivity contribution in [2.75, 3.05) is 20.3 Å². The minimum Gasteiger partial charge on any atom is -0.381 e. The molecule has 16 heavy (non-hydrogen) atoms. The molecule has 1 saturated heterocycles. The van der Waals surface area contributed by atoms with Gasteiger partial charge in [-0.15, -0.1) is 0 Å². The monoisotopic (exact) mass is 283 g/mol. The number of ether oxygens (including phenoxy) is 1. The Morgan fingerprint density at radius 3 is 3.00 bits per heavy atom. The number of hydrogen-bond donors (Lipinski definition) is 1. The Balaban J connectivity index is 2.05. The summed E-state index contributed by atoms with van der Waals surface area (Å²) in [5, 5.41) is 3.40. The smallest absolute Gasteiger partial charge is 0.0512 e. The van der Waals surface area contributed by atoms with Gasteiger partial charge in [-0.3, -0.25) is 0 Å². The molecule has 0 aromatic heterocycles. The number of benzene rings is 1. The molecule has 1 fully saturated rings. The highest BCUT2D eigenvalue weighted by Crippen LogP contribution is 2.24. The van der Waals surface area contributed by atoms with Gasteiger partial charge in [0.05, 0.1) is 6.61 Å². The summed E-state index contributed by atoms with van der Waals surface area (Å²) < 4.78 is 6.78. The van der Waals surface area contributed by atoms with Gasteiger partial charge in [0.2, 0.25) is 0 Å². The van der Waals surface area contributed by atoms with Crippen LogP contribution in [-0.4, -0.2) is 26.3 Å². The molecule has 2 rings (SSSR count). The van der Waals surface area contributed by atoms with Gasteiger partial charge in [-0.1, -0.05) is 34.1 Å². The second-order valence-electron chi connectivity index (χ2n) is 4.31. The van der Waals surface area contributed by atoms with Crippen molar-refractivity contribution in [3.05, 3.63) is 34.3 Å². The molecule has 88 valence electrons. The number of hydrogen-bond acceptors (Lipinski definition) is 2. The summed E-state index contributed by atoms with van der Waals surface area (Å²) in [6.07, 6.45) is 2.19. The van der Waals surface area contributed by atoms with E-state index in [1.165, 1.54) is 10.0 Å². The van der Waals surface area contributed by atoms with Crippen molar-refractivity contribution in [3.8, 4) is 0 Å². The Kier molecular flexibility index (Phi) is 4.38. The van der Waals surface area contributed by atoms with Crippen LogP contribution in [0.15, 0.2) is 28.7 Å². The number of rotatable bonds is 3. The Morgan fingerprint density at radius 2 is 2.25 bits per heavy atom. The molecule has 1 aliphatic heterocycles. The topological polar surface area (TPSA) is 21.3 Å². The molecule has 0 radical (unpaired) electrons. The third-order valence-electron chi connectivity index (χ3n) is 3.28. The summed E-state index contributed by atoms with van der Waals surface area (Å²) in [7, 11) is 2.04. The van der Waals surface area contributed by atoms with E-state index in [1.54, 1.807) is 0 Å². The average Bonchev–Trinajstić information content (AvgIpc) is 2.33. The van der Waals surface area contributed by atoms with Gasteiger partial charge in [0.25, 0.3) is 0 Å². The second-order valence-corrected chi connectivity index (χ2v) is 5.17. The molecule has 2 unspecified atom stereocenters. The zero-order valence-electron chi connectivity index (χ0n) is 9.58. The van der Waals surface area contributed by atoms with Gasteiger partial charge in [-0.25, -0.2) is 0 Å². The fourth-order valence-corrected chi connectivity index (χ4v) is 2.77. The van der Waals surface area contributed by atoms with E-state index in [1.807, 2.05) is 7.05 Å². The van der Waals surface area contributed by atoms with Gasteiger partial charge in [-0.2, -0.15) is 0 Å². The van der Waals surface area contributed by atoms with E-state index in [0.717, 1.165) is 26.1 Å². The number of halogens is 1. The zero-order chi connectivity index (χ0) is 11.4. The molecule has 1 heterocycles. The lowest BCUT2D eigenvalue weighted by Gasteiger charge is -2.31. The third-order valence-corrected chi connectivity index (χ3v) is 4.06. The second kappa shape index (κ2) is 5.80. The van der Waals surface area contributed by atoms with Crippen LogP contribution in [0, 0.1) is 5.92 Å². The van der Waals surface area contributed by atoms with Crippen LogP contribution in [0.5, 0.6) is 0 Å². The lowest BCUT2D eigenvalue weighted by atomic mass is 9.89. The van der Waals surface area contributed by atoms with Crippen LogP contribution in [0.2, 0.25) is 0 Å². The minimum absolute atomic E-state index is 0.581. The first-order valence-corrected chi connectivity index (χ1v) is 6.59. The fourth-order valence-electron chi connectivity index (χ4n) is 2.32. The van der Waals surface area contributed by atoms with E-state index in [9.17, 15) is 0 Å². The molecule has 0 spiro atoms. The molecule has 0 amide bonds. The highest BCUT2D eigenvalue weighted by atomic mass is 79.9. The molecule has 1 aromatic rings. The lowest BCUT2D eigenvalue weighted by Crippen LogP contribution is -2.41. The molecule has 1 aliphatic rings. The highest BCUT2D eigenvalue weighted by molar-refractivity contribution is 9.10. The summed E-state index contributed by atoms with van der Waals surface area (Å²) >= 11 is 3.60. The van der Waals surface area contributed by atoms with Gasteiger partial charge in [0, 0.05) is 23.0 Å². The van der Waals surface area contributed by atoms with Crippen LogP contribution in [0.3, 0.4) is 0 Å². The summed E-state index contributed by atoms with van der Waals surface area (Å²) in [6.45, 7) is 1.75. The molecule has 1 N–H and O–H groups in total. The van der Waals surface area contributed by atoms with E-state index in [-0.39, 0.29) is 0 Å². The average molecular weight is 284 g/mol. The molecule has 0 bridgehead atoms. The van der Waals surface area contributed by atoms with Crippen LogP contribution in [-0.2, 0) is 11.2 Å². The lowest BCUT2D eigenvalue weighted by molar-refractivity contribution is 0.0342. The Hall–Kier alpha value is -0.380. The number of nitrogens with one attached hydrogen (secondary N) is 1. The molecule has 0 saturated carbocycles. The van der Waals surface area contributed by atoms with Crippen LogP contribution in [0.4, 0.5) is 0 Å². The SMILES string of the molecule is CNC1CCOCC1Cc1ccccc1Br. The zero-order valence-corrected chi connectivity index (χ0v) is 11.2. The van der Waals surface area contributed by atoms with Crippen molar-refractivity contribution in [3.63, 3.8) is 0 Å². The van der Waals surface area contributed by atoms with Crippen LogP contribution in [0.25, 0.3) is 0 Å². The van der Waals surface area contributed by atoms with Crippen LogP contribution in [0.1, 0.15) is 12.0 Å². The molecular weight excluding hydrogens is 266 g/mol. The van der Waals surface area contributed by atoms with Crippen molar-refractivity contribution in [1.29, 1.82) is 0 Å². The quantitative estimate of drug-likeness (QED) is 0.921. The fraction of sp³-hybridized carbons (Fsp3) is 0.538. The standard InChI is InChI=1S/C13H18BrNO/c1-15-13-6-7-16-9-11(13)8-10-4-2-3-5-12(10)14/h2-5,11,13,15H,6-9H2,1H3. The maximum absolute atomic E-state index is 5.57. The Labute approximate surface area is 106 Å². The molecule has 2 atom stereocenters. The van der Waals surface area contributed by atoms with E-state index in [0.29, 0.717) is 12.0 Å². The highest BCUT2D eigenvalue weighted by Gasteiger charge is 2.24. The first-order chi connectivity index (χ1) is 7.81. The predicted octanol–water partition coefficient (Wildman–Crippen LogP) is 2.62. The Bertz CT molecular complexity index is 342. The van der Waals surface area contributed by atoms with E-state index in [2.05, 4.69) is 45.5 Å². The molecule has 3 heteroatoms. The van der Waals surface area contributed by atoms with E-state index in [4.69, 9.17) is 4.74 Å². The first-order valence-electron chi connectivity index (χ1n) is 5.79. The largest absolute Gasteiger partial charge is 0.381 e. The third kappa shape index (κ3) is 2.84. The predicted molar refractivity (Wildman–Crippen MR) is 69.6 cm³/mol. The van der Waals surface area contributed by atoms with Gasteiger partial charge < -0.3 is 10.1 Å². The Morgan fingerprint density at radius 1 is 1.44 bits per heavy atom. The van der Waals surface area contributed by atoms with Gasteiger partial charge in [0.15, 0.2) is 0 Å². The molecular formula is C13H18BrNO. The maximum Gasteiger partial charge on any atom is 0.0512 e. The first kappa shape index (κ1) is 12.1. The van der Waals surface area contributed by atoms with Gasteiger partial charge in [-0.05, 0) is 31.5 Å². The summed E-state index contributed by atoms with van der Waals surface area (Å²) in [6, 6.07) is 9.03. The van der Waals surface area contributed by atoms with Gasteiger partial charge >= 0.3 is 0 Å². The van der Waals surface area contributed by atoms with E-state index < -0.39 is 0 Å². The van der Waals surface area contributed by atoms with Crippen molar-refractivity contribution in [2.24, 2.45) is 5.92 Å². The van der Waals surface area contributed by atoms with Gasteiger partial charge in [0.1, 0.15) is 0 Å². The molecule has 1 aromatic carbocycles. The normalized spacial score (nSPS) is 25.6. The van der Waals surface area contributed by atoms with Crippen molar-refractivity contribution < 1.29 is 4.74 Å². The summed E-state index contributed by atoms with van der Waals surface area (Å²) in [4.78, 5) is 0.